The van der Waals surface area contributed by atoms with Gasteiger partial charge in [0.05, 0.1) is 28.1 Å². The maximum atomic E-state index is 12.0. The van der Waals surface area contributed by atoms with Crippen LogP contribution in [0.5, 0.6) is 0 Å². The molecule has 0 unspecified atom stereocenters. The van der Waals surface area contributed by atoms with Gasteiger partial charge in [-0.1, -0.05) is 23.2 Å². The third kappa shape index (κ3) is 2.90. The summed E-state index contributed by atoms with van der Waals surface area (Å²) in [5, 5.41) is 11.5. The fourth-order valence-electron chi connectivity index (χ4n) is 1.51. The molecule has 2 rings (SSSR count). The Morgan fingerprint density at radius 2 is 1.85 bits per heavy atom. The van der Waals surface area contributed by atoms with Crippen LogP contribution in [0, 0.1) is 0 Å². The number of anilines is 1. The van der Waals surface area contributed by atoms with Gasteiger partial charge in [0.15, 0.2) is 0 Å². The SMILES string of the molecule is O=C(Nc1c(Cl)cc(Cl)cc1C(=O)O)c1ccoc1Cl. The standard InChI is InChI=1S/C12H6Cl3NO4/c13-5-3-7(12(18)19)9(8(14)4-5)16-11(17)6-1-2-20-10(6)15/h1-4H,(H,16,17)(H,18,19). The van der Waals surface area contributed by atoms with E-state index in [2.05, 4.69) is 5.32 Å². The molecule has 0 radical (unpaired) electrons. The van der Waals surface area contributed by atoms with E-state index in [9.17, 15) is 9.59 Å². The van der Waals surface area contributed by atoms with Gasteiger partial charge in [0.25, 0.3) is 5.91 Å². The van der Waals surface area contributed by atoms with E-state index in [1.807, 2.05) is 0 Å². The molecule has 1 aromatic heterocycles. The number of carbonyl (C=O) groups is 2. The topological polar surface area (TPSA) is 79.5 Å². The highest BCUT2D eigenvalue weighted by Gasteiger charge is 2.20. The minimum Gasteiger partial charge on any atom is -0.478 e. The molecule has 1 aromatic carbocycles. The molecular weight excluding hydrogens is 328 g/mol. The minimum atomic E-state index is -1.28. The Hall–Kier alpha value is -1.69. The van der Waals surface area contributed by atoms with Crippen molar-refractivity contribution in [3.05, 3.63) is 50.9 Å². The first-order valence-corrected chi connectivity index (χ1v) is 6.30. The number of carbonyl (C=O) groups excluding carboxylic acids is 1. The summed E-state index contributed by atoms with van der Waals surface area (Å²) in [6.07, 6.45) is 1.23. The molecule has 0 aliphatic heterocycles. The van der Waals surface area contributed by atoms with Gasteiger partial charge in [-0.2, -0.15) is 0 Å². The smallest absolute Gasteiger partial charge is 0.337 e. The second-order valence-corrected chi connectivity index (χ2v) is 4.86. The third-order valence-corrected chi connectivity index (χ3v) is 3.20. The van der Waals surface area contributed by atoms with E-state index >= 15 is 0 Å². The average Bonchev–Trinajstić information content (AvgIpc) is 2.78. The number of rotatable bonds is 3. The molecule has 0 saturated carbocycles. The maximum Gasteiger partial charge on any atom is 0.337 e. The number of halogens is 3. The Balaban J connectivity index is 2.41. The van der Waals surface area contributed by atoms with Gasteiger partial charge in [-0.05, 0) is 29.8 Å². The average molecular weight is 335 g/mol. The van der Waals surface area contributed by atoms with Gasteiger partial charge < -0.3 is 14.8 Å². The highest BCUT2D eigenvalue weighted by molar-refractivity contribution is 6.38. The lowest BCUT2D eigenvalue weighted by Crippen LogP contribution is -2.15. The summed E-state index contributed by atoms with van der Waals surface area (Å²) in [7, 11) is 0. The molecular formula is C12H6Cl3NO4. The Bertz CT molecular complexity index is 696. The van der Waals surface area contributed by atoms with Crippen LogP contribution in [-0.2, 0) is 0 Å². The zero-order valence-electron chi connectivity index (χ0n) is 9.62. The first-order chi connectivity index (χ1) is 9.40. The molecule has 8 heteroatoms. The van der Waals surface area contributed by atoms with E-state index < -0.39 is 11.9 Å². The molecule has 0 atom stereocenters. The van der Waals surface area contributed by atoms with E-state index in [0.717, 1.165) is 0 Å². The number of carboxylic acid groups (broad SMARTS) is 1. The number of aromatic carboxylic acids is 1. The zero-order valence-corrected chi connectivity index (χ0v) is 11.9. The van der Waals surface area contributed by atoms with Gasteiger partial charge in [0.2, 0.25) is 5.22 Å². The van der Waals surface area contributed by atoms with E-state index in [-0.39, 0.29) is 32.1 Å². The van der Waals surface area contributed by atoms with Crippen molar-refractivity contribution < 1.29 is 19.1 Å². The molecule has 2 N–H and O–H groups in total. The van der Waals surface area contributed by atoms with Crippen molar-refractivity contribution in [2.24, 2.45) is 0 Å². The predicted molar refractivity (Wildman–Crippen MR) is 75.1 cm³/mol. The van der Waals surface area contributed by atoms with Crippen LogP contribution < -0.4 is 5.32 Å². The molecule has 20 heavy (non-hydrogen) atoms. The summed E-state index contributed by atoms with van der Waals surface area (Å²) in [6, 6.07) is 3.85. The summed E-state index contributed by atoms with van der Waals surface area (Å²) in [6.45, 7) is 0. The Kier molecular flexibility index (Phi) is 4.23. The van der Waals surface area contributed by atoms with Gasteiger partial charge in [-0.3, -0.25) is 4.79 Å². The molecule has 104 valence electrons. The van der Waals surface area contributed by atoms with E-state index in [0.29, 0.717) is 0 Å². The van der Waals surface area contributed by atoms with Crippen LogP contribution in [0.1, 0.15) is 20.7 Å². The summed E-state index contributed by atoms with van der Waals surface area (Å²) < 4.78 is 4.78. The molecule has 1 heterocycles. The first-order valence-electron chi connectivity index (χ1n) is 5.17. The second kappa shape index (κ2) is 5.75. The molecule has 1 amide bonds. The molecule has 0 saturated heterocycles. The highest BCUT2D eigenvalue weighted by Crippen LogP contribution is 2.31. The maximum absolute atomic E-state index is 12.0. The molecule has 2 aromatic rings. The van der Waals surface area contributed by atoms with Crippen LogP contribution in [0.4, 0.5) is 5.69 Å². The molecule has 0 spiro atoms. The van der Waals surface area contributed by atoms with E-state index in [1.54, 1.807) is 0 Å². The normalized spacial score (nSPS) is 10.3. The lowest BCUT2D eigenvalue weighted by atomic mass is 10.1. The van der Waals surface area contributed by atoms with E-state index in [1.165, 1.54) is 24.5 Å². The van der Waals surface area contributed by atoms with Gasteiger partial charge in [0.1, 0.15) is 0 Å². The number of nitrogens with one attached hydrogen (secondary N) is 1. The van der Waals surface area contributed by atoms with Crippen molar-refractivity contribution in [3.8, 4) is 0 Å². The van der Waals surface area contributed by atoms with Crippen molar-refractivity contribution in [2.45, 2.75) is 0 Å². The molecule has 0 aliphatic rings. The number of amides is 1. The fourth-order valence-corrected chi connectivity index (χ4v) is 2.25. The molecule has 0 aliphatic carbocycles. The van der Waals surface area contributed by atoms with Crippen LogP contribution in [0.3, 0.4) is 0 Å². The van der Waals surface area contributed by atoms with Crippen molar-refractivity contribution in [2.75, 3.05) is 5.32 Å². The van der Waals surface area contributed by atoms with Gasteiger partial charge in [-0.25, -0.2) is 4.79 Å². The second-order valence-electron chi connectivity index (χ2n) is 3.68. The highest BCUT2D eigenvalue weighted by atomic mass is 35.5. The monoisotopic (exact) mass is 333 g/mol. The largest absolute Gasteiger partial charge is 0.478 e. The molecule has 0 fully saturated rings. The molecule has 5 nitrogen and oxygen atoms in total. The third-order valence-electron chi connectivity index (χ3n) is 2.39. The van der Waals surface area contributed by atoms with Crippen molar-refractivity contribution in [1.29, 1.82) is 0 Å². The van der Waals surface area contributed by atoms with Gasteiger partial charge in [0, 0.05) is 5.02 Å². The predicted octanol–water partition coefficient (Wildman–Crippen LogP) is 4.19. The summed E-state index contributed by atoms with van der Waals surface area (Å²) in [5.41, 5.74) is -0.227. The van der Waals surface area contributed by atoms with Crippen LogP contribution in [-0.4, -0.2) is 17.0 Å². The van der Waals surface area contributed by atoms with Crippen molar-refractivity contribution in [3.63, 3.8) is 0 Å². The fraction of sp³-hybridized carbons (Fsp3) is 0. The quantitative estimate of drug-likeness (QED) is 0.882. The Morgan fingerprint density at radius 3 is 2.40 bits per heavy atom. The Labute approximate surface area is 128 Å². The molecule has 0 bridgehead atoms. The number of carboxylic acids is 1. The summed E-state index contributed by atoms with van der Waals surface area (Å²) in [4.78, 5) is 23.1. The number of hydrogen-bond donors (Lipinski definition) is 2. The van der Waals surface area contributed by atoms with Crippen LogP contribution in [0.25, 0.3) is 0 Å². The Morgan fingerprint density at radius 1 is 1.15 bits per heavy atom. The van der Waals surface area contributed by atoms with Gasteiger partial charge >= 0.3 is 5.97 Å². The lowest BCUT2D eigenvalue weighted by Gasteiger charge is -2.10. The van der Waals surface area contributed by atoms with Crippen LogP contribution in [0.15, 0.2) is 28.9 Å². The van der Waals surface area contributed by atoms with Crippen molar-refractivity contribution >= 4 is 52.4 Å². The van der Waals surface area contributed by atoms with E-state index in [4.69, 9.17) is 44.3 Å². The first kappa shape index (κ1) is 14.7. The zero-order chi connectivity index (χ0) is 14.9. The van der Waals surface area contributed by atoms with Gasteiger partial charge in [-0.15, -0.1) is 0 Å². The van der Waals surface area contributed by atoms with Crippen molar-refractivity contribution in [1.82, 2.24) is 0 Å². The summed E-state index contributed by atoms with van der Waals surface area (Å²) >= 11 is 17.3. The number of hydrogen-bond acceptors (Lipinski definition) is 3. The number of benzene rings is 1. The minimum absolute atomic E-state index is 0.00265. The number of furan rings is 1. The lowest BCUT2D eigenvalue weighted by molar-refractivity contribution is 0.0698. The van der Waals surface area contributed by atoms with Crippen LogP contribution in [0.2, 0.25) is 15.3 Å². The van der Waals surface area contributed by atoms with Crippen LogP contribution >= 0.6 is 34.8 Å². The summed E-state index contributed by atoms with van der Waals surface area (Å²) in [5.74, 6) is -1.92.